The van der Waals surface area contributed by atoms with Crippen LogP contribution in [0, 0.1) is 6.92 Å². The maximum absolute atomic E-state index is 12.4. The van der Waals surface area contributed by atoms with Gasteiger partial charge in [-0.3, -0.25) is 10.1 Å². The quantitative estimate of drug-likeness (QED) is 0.931. The van der Waals surface area contributed by atoms with Crippen LogP contribution in [0.4, 0.5) is 5.13 Å². The highest BCUT2D eigenvalue weighted by molar-refractivity contribution is 7.90. The fourth-order valence-corrected chi connectivity index (χ4v) is 3.59. The van der Waals surface area contributed by atoms with Gasteiger partial charge in [-0.05, 0) is 37.5 Å². The number of anilines is 1. The van der Waals surface area contributed by atoms with Gasteiger partial charge in [0.05, 0.1) is 10.6 Å². The number of carbonyl (C=O) groups excluding carboxylic acids is 1. The summed E-state index contributed by atoms with van der Waals surface area (Å²) in [4.78, 5) is 16.9. The standard InChI is InChI=1S/C15H16N2O3S2/c1-9-3-6-11(22(2,19)20)7-12(9)14(18)17-15-16-13(8-21-15)10-4-5-10/h3,6-8,10H,4-5H2,1-2H3,(H,16,17,18). The van der Waals surface area contributed by atoms with Crippen molar-refractivity contribution in [2.75, 3.05) is 11.6 Å². The maximum atomic E-state index is 12.4. The predicted octanol–water partition coefficient (Wildman–Crippen LogP) is 2.98. The van der Waals surface area contributed by atoms with Gasteiger partial charge in [0.1, 0.15) is 0 Å². The number of aryl methyl sites for hydroxylation is 1. The molecule has 0 radical (unpaired) electrons. The van der Waals surface area contributed by atoms with Gasteiger partial charge in [0.25, 0.3) is 5.91 Å². The number of hydrogen-bond donors (Lipinski definition) is 1. The first-order valence-corrected chi connectivity index (χ1v) is 9.69. The second-order valence-electron chi connectivity index (χ2n) is 5.55. The third-order valence-corrected chi connectivity index (χ3v) is 5.51. The third kappa shape index (κ3) is 3.20. The minimum Gasteiger partial charge on any atom is -0.298 e. The topological polar surface area (TPSA) is 76.1 Å². The molecule has 3 rings (SSSR count). The lowest BCUT2D eigenvalue weighted by atomic mass is 10.1. The van der Waals surface area contributed by atoms with Crippen molar-refractivity contribution in [3.63, 3.8) is 0 Å². The summed E-state index contributed by atoms with van der Waals surface area (Å²) in [5, 5.41) is 5.27. The first-order valence-electron chi connectivity index (χ1n) is 6.92. The molecule has 0 aliphatic heterocycles. The van der Waals surface area contributed by atoms with Gasteiger partial charge >= 0.3 is 0 Å². The molecular formula is C15H16N2O3S2. The van der Waals surface area contributed by atoms with Crippen LogP contribution in [0.25, 0.3) is 0 Å². The largest absolute Gasteiger partial charge is 0.298 e. The smallest absolute Gasteiger partial charge is 0.257 e. The van der Waals surface area contributed by atoms with E-state index in [2.05, 4.69) is 10.3 Å². The molecule has 22 heavy (non-hydrogen) atoms. The van der Waals surface area contributed by atoms with Gasteiger partial charge in [-0.2, -0.15) is 0 Å². The number of sulfone groups is 1. The molecule has 1 aromatic heterocycles. The molecule has 1 aliphatic carbocycles. The summed E-state index contributed by atoms with van der Waals surface area (Å²) in [5.41, 5.74) is 2.11. The Morgan fingerprint density at radius 1 is 1.36 bits per heavy atom. The van der Waals surface area contributed by atoms with Crippen LogP contribution in [-0.2, 0) is 9.84 Å². The molecule has 1 aromatic carbocycles. The van der Waals surface area contributed by atoms with Gasteiger partial charge in [-0.1, -0.05) is 6.07 Å². The lowest BCUT2D eigenvalue weighted by molar-refractivity contribution is 0.102. The lowest BCUT2D eigenvalue weighted by Crippen LogP contribution is -2.14. The average Bonchev–Trinajstić information content (AvgIpc) is 3.19. The first kappa shape index (κ1) is 15.2. The van der Waals surface area contributed by atoms with Gasteiger partial charge in [-0.15, -0.1) is 11.3 Å². The SMILES string of the molecule is Cc1ccc(S(C)(=O)=O)cc1C(=O)Nc1nc(C2CC2)cs1. The first-order chi connectivity index (χ1) is 10.3. The van der Waals surface area contributed by atoms with E-state index in [9.17, 15) is 13.2 Å². The number of amides is 1. The minimum absolute atomic E-state index is 0.140. The fraction of sp³-hybridized carbons (Fsp3) is 0.333. The fourth-order valence-electron chi connectivity index (χ4n) is 2.15. The summed E-state index contributed by atoms with van der Waals surface area (Å²) in [6.45, 7) is 1.78. The van der Waals surface area contributed by atoms with E-state index < -0.39 is 9.84 Å². The van der Waals surface area contributed by atoms with Gasteiger partial charge in [0.2, 0.25) is 0 Å². The van der Waals surface area contributed by atoms with Gasteiger partial charge in [-0.25, -0.2) is 13.4 Å². The lowest BCUT2D eigenvalue weighted by Gasteiger charge is -2.07. The van der Waals surface area contributed by atoms with Crippen LogP contribution in [0.3, 0.4) is 0 Å². The van der Waals surface area contributed by atoms with E-state index in [1.807, 2.05) is 5.38 Å². The highest BCUT2D eigenvalue weighted by Gasteiger charge is 2.26. The van der Waals surface area contributed by atoms with Crippen LogP contribution in [0.2, 0.25) is 0 Å². The van der Waals surface area contributed by atoms with Crippen LogP contribution in [0.5, 0.6) is 0 Å². The number of hydrogen-bond acceptors (Lipinski definition) is 5. The molecule has 5 nitrogen and oxygen atoms in total. The Morgan fingerprint density at radius 2 is 2.09 bits per heavy atom. The Balaban J connectivity index is 1.84. The molecule has 1 fully saturated rings. The Morgan fingerprint density at radius 3 is 2.73 bits per heavy atom. The van der Waals surface area contributed by atoms with Crippen LogP contribution in [0.15, 0.2) is 28.5 Å². The van der Waals surface area contributed by atoms with Crippen molar-refractivity contribution in [1.82, 2.24) is 4.98 Å². The summed E-state index contributed by atoms with van der Waals surface area (Å²) < 4.78 is 23.2. The summed E-state index contributed by atoms with van der Waals surface area (Å²) in [6.07, 6.45) is 3.45. The number of carbonyl (C=O) groups is 1. The summed E-state index contributed by atoms with van der Waals surface area (Å²) >= 11 is 1.40. The molecule has 0 atom stereocenters. The second kappa shape index (κ2) is 5.48. The zero-order valence-corrected chi connectivity index (χ0v) is 13.9. The van der Waals surface area contributed by atoms with Crippen molar-refractivity contribution < 1.29 is 13.2 Å². The molecule has 2 aromatic rings. The number of nitrogens with one attached hydrogen (secondary N) is 1. The Kier molecular flexibility index (Phi) is 3.78. The summed E-state index contributed by atoms with van der Waals surface area (Å²) in [7, 11) is -3.34. The molecule has 1 saturated carbocycles. The van der Waals surface area contributed by atoms with Crippen molar-refractivity contribution in [2.45, 2.75) is 30.6 Å². The van der Waals surface area contributed by atoms with Gasteiger partial charge in [0, 0.05) is 23.1 Å². The maximum Gasteiger partial charge on any atom is 0.257 e. The molecule has 116 valence electrons. The molecule has 7 heteroatoms. The molecule has 1 amide bonds. The van der Waals surface area contributed by atoms with E-state index in [1.165, 1.54) is 23.5 Å². The molecule has 0 spiro atoms. The number of aromatic nitrogens is 1. The molecule has 1 aliphatic rings. The zero-order chi connectivity index (χ0) is 15.9. The number of rotatable bonds is 4. The Bertz CT molecular complexity index is 836. The average molecular weight is 336 g/mol. The number of benzene rings is 1. The predicted molar refractivity (Wildman–Crippen MR) is 86.3 cm³/mol. The van der Waals surface area contributed by atoms with E-state index in [1.54, 1.807) is 13.0 Å². The van der Waals surface area contributed by atoms with E-state index in [-0.39, 0.29) is 10.8 Å². The van der Waals surface area contributed by atoms with Gasteiger partial charge < -0.3 is 0 Å². The van der Waals surface area contributed by atoms with Crippen molar-refractivity contribution in [3.8, 4) is 0 Å². The minimum atomic E-state index is -3.34. The summed E-state index contributed by atoms with van der Waals surface area (Å²) in [6, 6.07) is 4.56. The Labute approximate surface area is 133 Å². The monoisotopic (exact) mass is 336 g/mol. The van der Waals surface area contributed by atoms with Gasteiger partial charge in [0.15, 0.2) is 15.0 Å². The normalized spacial score (nSPS) is 14.8. The number of thiazole rings is 1. The van der Waals surface area contributed by atoms with Crippen LogP contribution in [0.1, 0.15) is 40.4 Å². The molecular weight excluding hydrogens is 320 g/mol. The third-order valence-electron chi connectivity index (χ3n) is 3.62. The molecule has 1 N–H and O–H groups in total. The van der Waals surface area contributed by atoms with E-state index in [0.29, 0.717) is 16.6 Å². The van der Waals surface area contributed by atoms with E-state index in [4.69, 9.17) is 0 Å². The molecule has 1 heterocycles. The van der Waals surface area contributed by atoms with Crippen LogP contribution >= 0.6 is 11.3 Å². The zero-order valence-electron chi connectivity index (χ0n) is 12.3. The highest BCUT2D eigenvalue weighted by Crippen LogP contribution is 2.40. The van der Waals surface area contributed by atoms with Crippen molar-refractivity contribution in [2.24, 2.45) is 0 Å². The number of nitrogens with zero attached hydrogens (tertiary/aromatic N) is 1. The van der Waals surface area contributed by atoms with Crippen LogP contribution < -0.4 is 5.32 Å². The second-order valence-corrected chi connectivity index (χ2v) is 8.43. The van der Waals surface area contributed by atoms with E-state index in [0.717, 1.165) is 30.4 Å². The molecule has 0 saturated heterocycles. The van der Waals surface area contributed by atoms with Crippen molar-refractivity contribution in [3.05, 3.63) is 40.4 Å². The van der Waals surface area contributed by atoms with E-state index >= 15 is 0 Å². The highest BCUT2D eigenvalue weighted by atomic mass is 32.2. The molecule has 0 bridgehead atoms. The van der Waals surface area contributed by atoms with Crippen molar-refractivity contribution in [1.29, 1.82) is 0 Å². The molecule has 0 unspecified atom stereocenters. The summed E-state index contributed by atoms with van der Waals surface area (Å²) in [5.74, 6) is 0.205. The van der Waals surface area contributed by atoms with Crippen LogP contribution in [-0.4, -0.2) is 25.6 Å². The Hall–Kier alpha value is -1.73. The van der Waals surface area contributed by atoms with Crippen molar-refractivity contribution >= 4 is 32.2 Å².